The number of nitrogens with zero attached hydrogens (tertiary/aromatic N) is 2. The third-order valence-corrected chi connectivity index (χ3v) is 8.13. The molecule has 0 bridgehead atoms. The predicted octanol–water partition coefficient (Wildman–Crippen LogP) is 5.33. The Morgan fingerprint density at radius 1 is 1.21 bits per heavy atom. The molecule has 6 nitrogen and oxygen atoms in total. The van der Waals surface area contributed by atoms with Gasteiger partial charge in [-0.25, -0.2) is 4.98 Å². The third-order valence-electron chi connectivity index (χ3n) is 6.53. The number of amides is 2. The van der Waals surface area contributed by atoms with Crippen molar-refractivity contribution in [3.8, 4) is 16.2 Å². The lowest BCUT2D eigenvalue weighted by molar-refractivity contribution is 0.0690. The second-order valence-electron chi connectivity index (χ2n) is 8.96. The lowest BCUT2D eigenvalue weighted by Gasteiger charge is -2.27. The summed E-state index contributed by atoms with van der Waals surface area (Å²) >= 11 is 13.4. The van der Waals surface area contributed by atoms with Gasteiger partial charge >= 0.3 is 0 Å². The van der Waals surface area contributed by atoms with Gasteiger partial charge in [0.1, 0.15) is 5.69 Å². The summed E-state index contributed by atoms with van der Waals surface area (Å²) in [6.45, 7) is 4.93. The van der Waals surface area contributed by atoms with Crippen LogP contribution in [0.2, 0.25) is 10.0 Å². The number of piperidine rings is 1. The lowest BCUT2D eigenvalue weighted by atomic mass is 10.1. The standard InChI is InChI=1S/C25H23Cl2N3O3S/c1-12-4-3-5-14(6-12)23-21(29-13(2)34-23)25(33)30-11-16-7-17(16)20(30)10-28-24(32)15-8-18(26)22(31)19(27)9-15/h3-6,8-9,16-17,20,31H,7,10-11H2,1-2H3,(H,28,32)/t16-,17-,20-/m1/s1. The number of aromatic hydroxyl groups is 1. The zero-order valence-corrected chi connectivity index (χ0v) is 21.0. The van der Waals surface area contributed by atoms with Gasteiger partial charge in [0.25, 0.3) is 11.8 Å². The van der Waals surface area contributed by atoms with Crippen molar-refractivity contribution in [1.82, 2.24) is 15.2 Å². The minimum absolute atomic E-state index is 0.0140. The molecule has 2 amide bonds. The SMILES string of the molecule is Cc1cccc(-c2sc(C)nc2C(=O)N2C[C@H]3C[C@H]3[C@H]2CNC(=O)c2cc(Cl)c(O)c(Cl)c2)c1. The highest BCUT2D eigenvalue weighted by Gasteiger charge is 2.54. The molecular formula is C25H23Cl2N3O3S. The van der Waals surface area contributed by atoms with Crippen molar-refractivity contribution in [3.05, 3.63) is 68.3 Å². The number of hydrogen-bond donors (Lipinski definition) is 2. The van der Waals surface area contributed by atoms with Gasteiger partial charge in [0.15, 0.2) is 5.75 Å². The molecular weight excluding hydrogens is 493 g/mol. The molecule has 5 rings (SSSR count). The summed E-state index contributed by atoms with van der Waals surface area (Å²) in [5.74, 6) is 0.133. The van der Waals surface area contributed by atoms with E-state index >= 15 is 0 Å². The number of aryl methyl sites for hydroxylation is 2. The molecule has 1 aliphatic carbocycles. The second kappa shape index (κ2) is 8.87. The van der Waals surface area contributed by atoms with Crippen molar-refractivity contribution in [3.63, 3.8) is 0 Å². The predicted molar refractivity (Wildman–Crippen MR) is 134 cm³/mol. The van der Waals surface area contributed by atoms with Gasteiger partial charge in [-0.1, -0.05) is 53.0 Å². The van der Waals surface area contributed by atoms with E-state index in [1.165, 1.54) is 23.5 Å². The topological polar surface area (TPSA) is 82.5 Å². The lowest BCUT2D eigenvalue weighted by Crippen LogP contribution is -2.45. The summed E-state index contributed by atoms with van der Waals surface area (Å²) < 4.78 is 0. The Kier molecular flexibility index (Phi) is 6.04. The summed E-state index contributed by atoms with van der Waals surface area (Å²) in [6, 6.07) is 10.7. The molecule has 1 saturated carbocycles. The van der Waals surface area contributed by atoms with Crippen molar-refractivity contribution in [2.45, 2.75) is 26.3 Å². The number of nitrogens with one attached hydrogen (secondary N) is 1. The van der Waals surface area contributed by atoms with E-state index in [0.717, 1.165) is 27.4 Å². The van der Waals surface area contributed by atoms with Gasteiger partial charge in [-0.05, 0) is 49.8 Å². The number of likely N-dealkylation sites (tertiary alicyclic amines) is 1. The smallest absolute Gasteiger partial charge is 0.274 e. The van der Waals surface area contributed by atoms with Crippen molar-refractivity contribution < 1.29 is 14.7 Å². The van der Waals surface area contributed by atoms with Crippen molar-refractivity contribution in [1.29, 1.82) is 0 Å². The molecule has 176 valence electrons. The number of carbonyl (C=O) groups excluding carboxylic acids is 2. The molecule has 3 atom stereocenters. The Bertz CT molecular complexity index is 1290. The largest absolute Gasteiger partial charge is 0.505 e. The van der Waals surface area contributed by atoms with E-state index in [1.54, 1.807) is 0 Å². The zero-order valence-electron chi connectivity index (χ0n) is 18.6. The van der Waals surface area contributed by atoms with Crippen LogP contribution in [0, 0.1) is 25.7 Å². The highest BCUT2D eigenvalue weighted by atomic mass is 35.5. The Labute approximate surface area is 211 Å². The fourth-order valence-corrected chi connectivity index (χ4v) is 6.15. The van der Waals surface area contributed by atoms with Crippen LogP contribution < -0.4 is 5.32 Å². The average molecular weight is 516 g/mol. The quantitative estimate of drug-likeness (QED) is 0.480. The van der Waals surface area contributed by atoms with E-state index in [1.807, 2.05) is 36.9 Å². The first-order chi connectivity index (χ1) is 16.2. The zero-order chi connectivity index (χ0) is 24.1. The number of fused-ring (bicyclic) bond motifs is 1. The number of thiazole rings is 1. The highest BCUT2D eigenvalue weighted by molar-refractivity contribution is 7.15. The summed E-state index contributed by atoms with van der Waals surface area (Å²) in [5, 5.41) is 13.5. The van der Waals surface area contributed by atoms with Gasteiger partial charge < -0.3 is 15.3 Å². The molecule has 2 N–H and O–H groups in total. The van der Waals surface area contributed by atoms with Crippen molar-refractivity contribution in [2.24, 2.45) is 11.8 Å². The maximum absolute atomic E-state index is 13.7. The van der Waals surface area contributed by atoms with Crippen LogP contribution >= 0.6 is 34.5 Å². The number of halogens is 2. The molecule has 1 aliphatic heterocycles. The molecule has 0 unspecified atom stereocenters. The molecule has 0 radical (unpaired) electrons. The molecule has 1 saturated heterocycles. The average Bonchev–Trinajstić information content (AvgIpc) is 3.31. The van der Waals surface area contributed by atoms with Crippen LogP contribution in [-0.2, 0) is 0 Å². The molecule has 1 aromatic heterocycles. The number of benzene rings is 2. The molecule has 2 aromatic carbocycles. The molecule has 9 heteroatoms. The van der Waals surface area contributed by atoms with Crippen LogP contribution in [0.15, 0.2) is 36.4 Å². The first-order valence-electron chi connectivity index (χ1n) is 11.0. The number of hydrogen-bond acceptors (Lipinski definition) is 5. The van der Waals surface area contributed by atoms with Crippen LogP contribution in [0.1, 0.15) is 37.8 Å². The second-order valence-corrected chi connectivity index (χ2v) is 11.0. The fourth-order valence-electron chi connectivity index (χ4n) is 4.75. The van der Waals surface area contributed by atoms with Gasteiger partial charge in [-0.3, -0.25) is 9.59 Å². The third kappa shape index (κ3) is 4.28. The van der Waals surface area contributed by atoms with Crippen LogP contribution in [0.3, 0.4) is 0 Å². The number of carbonyl (C=O) groups is 2. The minimum atomic E-state index is -0.356. The van der Waals surface area contributed by atoms with E-state index in [2.05, 4.69) is 16.4 Å². The molecule has 2 aliphatic rings. The van der Waals surface area contributed by atoms with Gasteiger partial charge in [0.05, 0.1) is 26.0 Å². The van der Waals surface area contributed by atoms with Gasteiger partial charge in [-0.2, -0.15) is 0 Å². The summed E-state index contributed by atoms with van der Waals surface area (Å²) in [4.78, 5) is 33.7. The number of rotatable bonds is 5. The molecule has 2 fully saturated rings. The first-order valence-corrected chi connectivity index (χ1v) is 12.6. The van der Waals surface area contributed by atoms with Crippen LogP contribution in [-0.4, -0.2) is 45.9 Å². The summed E-state index contributed by atoms with van der Waals surface area (Å²) in [7, 11) is 0. The molecule has 0 spiro atoms. The van der Waals surface area contributed by atoms with E-state index in [0.29, 0.717) is 30.6 Å². The number of aromatic nitrogens is 1. The van der Waals surface area contributed by atoms with E-state index in [-0.39, 0.29) is 39.2 Å². The molecule has 34 heavy (non-hydrogen) atoms. The normalized spacial score (nSPS) is 20.8. The van der Waals surface area contributed by atoms with Crippen molar-refractivity contribution >= 4 is 46.4 Å². The van der Waals surface area contributed by atoms with Crippen LogP contribution in [0.25, 0.3) is 10.4 Å². The Morgan fingerprint density at radius 2 is 1.94 bits per heavy atom. The van der Waals surface area contributed by atoms with E-state index in [4.69, 9.17) is 23.2 Å². The monoisotopic (exact) mass is 515 g/mol. The summed E-state index contributed by atoms with van der Waals surface area (Å²) in [6.07, 6.45) is 1.06. The maximum atomic E-state index is 13.7. The molecule has 3 aromatic rings. The Hall–Kier alpha value is -2.61. The minimum Gasteiger partial charge on any atom is -0.505 e. The van der Waals surface area contributed by atoms with Crippen molar-refractivity contribution in [2.75, 3.05) is 13.1 Å². The Morgan fingerprint density at radius 3 is 2.65 bits per heavy atom. The number of phenolic OH excluding ortho intramolecular Hbond substituents is 1. The van der Waals surface area contributed by atoms with E-state index in [9.17, 15) is 14.7 Å². The Balaban J connectivity index is 1.35. The molecule has 2 heterocycles. The van der Waals surface area contributed by atoms with Gasteiger partial charge in [0, 0.05) is 18.7 Å². The highest BCUT2D eigenvalue weighted by Crippen LogP contribution is 2.50. The van der Waals surface area contributed by atoms with E-state index < -0.39 is 0 Å². The van der Waals surface area contributed by atoms with Crippen LogP contribution in [0.5, 0.6) is 5.75 Å². The van der Waals surface area contributed by atoms with Gasteiger partial charge in [-0.15, -0.1) is 11.3 Å². The maximum Gasteiger partial charge on any atom is 0.274 e. The fraction of sp³-hybridized carbons (Fsp3) is 0.320. The van der Waals surface area contributed by atoms with Crippen LogP contribution in [0.4, 0.5) is 0 Å². The first kappa shape index (κ1) is 23.1. The number of phenols is 1. The van der Waals surface area contributed by atoms with Gasteiger partial charge in [0.2, 0.25) is 0 Å². The summed E-state index contributed by atoms with van der Waals surface area (Å²) in [5.41, 5.74) is 2.85.